The quantitative estimate of drug-likeness (QED) is 0.630. The molecule has 2 rings (SSSR count). The van der Waals surface area contributed by atoms with Gasteiger partial charge in [-0.15, -0.1) is 0 Å². The summed E-state index contributed by atoms with van der Waals surface area (Å²) in [5.74, 6) is 0.698. The molecule has 1 saturated carbocycles. The molecule has 1 heterocycles. The number of nitrogens with zero attached hydrogens (tertiary/aromatic N) is 1. The van der Waals surface area contributed by atoms with E-state index < -0.39 is 5.97 Å². The lowest BCUT2D eigenvalue weighted by Gasteiger charge is -2.12. The predicted molar refractivity (Wildman–Crippen MR) is 77.2 cm³/mol. The molecule has 0 spiro atoms. The van der Waals surface area contributed by atoms with Crippen molar-refractivity contribution in [2.45, 2.75) is 19.3 Å². The fraction of sp³-hybridized carbons (Fsp3) is 0.462. The number of aliphatic carboxylic acids is 1. The zero-order valence-electron chi connectivity index (χ0n) is 11.0. The van der Waals surface area contributed by atoms with Crippen LogP contribution in [0.3, 0.4) is 0 Å². The van der Waals surface area contributed by atoms with Crippen LogP contribution in [0.5, 0.6) is 0 Å². The number of thioether (sulfide) groups is 1. The van der Waals surface area contributed by atoms with Crippen molar-refractivity contribution in [3.8, 4) is 0 Å². The second-order valence-corrected chi connectivity index (χ2v) is 5.94. The first-order chi connectivity index (χ1) is 9.60. The summed E-state index contributed by atoms with van der Waals surface area (Å²) in [7, 11) is 0. The van der Waals surface area contributed by atoms with Crippen molar-refractivity contribution in [1.29, 1.82) is 0 Å². The minimum atomic E-state index is -0.760. The van der Waals surface area contributed by atoms with Gasteiger partial charge in [0.2, 0.25) is 5.91 Å². The lowest BCUT2D eigenvalue weighted by Crippen LogP contribution is -2.31. The molecule has 1 aromatic rings. The minimum absolute atomic E-state index is 0.0782. The summed E-state index contributed by atoms with van der Waals surface area (Å²) in [5, 5.41) is 8.80. The van der Waals surface area contributed by atoms with Crippen LogP contribution >= 0.6 is 11.8 Å². The van der Waals surface area contributed by atoms with Crippen LogP contribution in [0.25, 0.3) is 0 Å². The van der Waals surface area contributed by atoms with Gasteiger partial charge < -0.3 is 5.11 Å². The molecule has 1 amide bonds. The zero-order chi connectivity index (χ0) is 14.4. The van der Waals surface area contributed by atoms with Crippen molar-refractivity contribution in [1.82, 2.24) is 10.4 Å². The van der Waals surface area contributed by atoms with Crippen LogP contribution in [0.15, 0.2) is 24.4 Å². The SMILES string of the molecule is O=C(O)CC1(CSCC(=O)NNc2ccccn2)CC1. The largest absolute Gasteiger partial charge is 0.481 e. The van der Waals surface area contributed by atoms with Gasteiger partial charge in [0.1, 0.15) is 5.82 Å². The zero-order valence-corrected chi connectivity index (χ0v) is 11.8. The molecular formula is C13H17N3O3S. The number of nitrogens with one attached hydrogen (secondary N) is 2. The lowest BCUT2D eigenvalue weighted by molar-refractivity contribution is -0.138. The topological polar surface area (TPSA) is 91.3 Å². The van der Waals surface area contributed by atoms with Crippen molar-refractivity contribution < 1.29 is 14.7 Å². The van der Waals surface area contributed by atoms with Gasteiger partial charge in [0.15, 0.2) is 0 Å². The molecule has 6 nitrogen and oxygen atoms in total. The van der Waals surface area contributed by atoms with Gasteiger partial charge in [0, 0.05) is 6.20 Å². The summed E-state index contributed by atoms with van der Waals surface area (Å²) in [6, 6.07) is 5.36. The third-order valence-corrected chi connectivity index (χ3v) is 4.40. The van der Waals surface area contributed by atoms with Crippen molar-refractivity contribution in [2.24, 2.45) is 5.41 Å². The molecule has 0 unspecified atom stereocenters. The van der Waals surface area contributed by atoms with E-state index >= 15 is 0 Å². The van der Waals surface area contributed by atoms with E-state index in [0.717, 1.165) is 18.6 Å². The van der Waals surface area contributed by atoms with Crippen molar-refractivity contribution in [3.63, 3.8) is 0 Å². The summed E-state index contributed by atoms with van der Waals surface area (Å²) in [6.07, 6.45) is 3.72. The molecular weight excluding hydrogens is 278 g/mol. The molecule has 0 radical (unpaired) electrons. The number of hydrogen-bond donors (Lipinski definition) is 3. The second kappa shape index (κ2) is 6.60. The third kappa shape index (κ3) is 4.73. The summed E-state index contributed by atoms with van der Waals surface area (Å²) in [5.41, 5.74) is 5.20. The van der Waals surface area contributed by atoms with E-state index in [1.807, 2.05) is 6.07 Å². The van der Waals surface area contributed by atoms with E-state index in [1.165, 1.54) is 11.8 Å². The summed E-state index contributed by atoms with van der Waals surface area (Å²) in [4.78, 5) is 26.3. The van der Waals surface area contributed by atoms with Crippen molar-refractivity contribution >= 4 is 29.5 Å². The number of amides is 1. The Bertz CT molecular complexity index is 477. The number of aromatic nitrogens is 1. The molecule has 0 bridgehead atoms. The average Bonchev–Trinajstić information content (AvgIpc) is 3.16. The lowest BCUT2D eigenvalue weighted by atomic mass is 10.1. The Balaban J connectivity index is 1.62. The number of pyridine rings is 1. The highest BCUT2D eigenvalue weighted by Gasteiger charge is 2.44. The number of carboxylic acid groups (broad SMARTS) is 1. The maximum atomic E-state index is 11.6. The standard InChI is InChI=1S/C13H17N3O3S/c17-11(16-15-10-3-1-2-6-14-10)8-20-9-13(4-5-13)7-12(18)19/h1-3,6H,4-5,7-9H2,(H,14,15)(H,16,17)(H,18,19). The van der Waals surface area contributed by atoms with E-state index in [4.69, 9.17) is 5.11 Å². The highest BCUT2D eigenvalue weighted by atomic mass is 32.2. The summed E-state index contributed by atoms with van der Waals surface area (Å²) >= 11 is 1.47. The van der Waals surface area contributed by atoms with Gasteiger partial charge in [0.25, 0.3) is 0 Å². The Kier molecular flexibility index (Phi) is 4.84. The van der Waals surface area contributed by atoms with Gasteiger partial charge in [-0.2, -0.15) is 11.8 Å². The molecule has 7 heteroatoms. The molecule has 0 aromatic carbocycles. The second-order valence-electron chi connectivity index (χ2n) is 4.95. The Morgan fingerprint density at radius 3 is 2.80 bits per heavy atom. The number of hydrazine groups is 1. The number of hydrogen-bond acceptors (Lipinski definition) is 5. The molecule has 1 aromatic heterocycles. The maximum absolute atomic E-state index is 11.6. The van der Waals surface area contributed by atoms with Crippen molar-refractivity contribution in [3.05, 3.63) is 24.4 Å². The van der Waals surface area contributed by atoms with Crippen LogP contribution in [0, 0.1) is 5.41 Å². The Hall–Kier alpha value is -1.76. The summed E-state index contributed by atoms with van der Waals surface area (Å²) in [6.45, 7) is 0. The molecule has 1 aliphatic carbocycles. The van der Waals surface area contributed by atoms with Crippen LogP contribution in [-0.2, 0) is 9.59 Å². The molecule has 0 atom stereocenters. The molecule has 3 N–H and O–H groups in total. The number of rotatable bonds is 8. The molecule has 20 heavy (non-hydrogen) atoms. The van der Waals surface area contributed by atoms with Crippen LogP contribution in [0.2, 0.25) is 0 Å². The van der Waals surface area contributed by atoms with E-state index in [1.54, 1.807) is 18.3 Å². The van der Waals surface area contributed by atoms with Gasteiger partial charge in [-0.3, -0.25) is 20.4 Å². The Morgan fingerprint density at radius 2 is 2.20 bits per heavy atom. The highest BCUT2D eigenvalue weighted by Crippen LogP contribution is 2.50. The van der Waals surface area contributed by atoms with Crippen LogP contribution in [0.1, 0.15) is 19.3 Å². The van der Waals surface area contributed by atoms with Crippen LogP contribution < -0.4 is 10.9 Å². The van der Waals surface area contributed by atoms with Gasteiger partial charge in [0.05, 0.1) is 12.2 Å². The fourth-order valence-corrected chi connectivity index (χ4v) is 3.02. The Labute approximate surface area is 121 Å². The van der Waals surface area contributed by atoms with Gasteiger partial charge in [-0.05, 0) is 36.1 Å². The van der Waals surface area contributed by atoms with E-state index in [2.05, 4.69) is 15.8 Å². The molecule has 1 fully saturated rings. The normalized spacial score (nSPS) is 15.4. The minimum Gasteiger partial charge on any atom is -0.481 e. The number of carbonyl (C=O) groups is 2. The molecule has 1 aliphatic rings. The van der Waals surface area contributed by atoms with E-state index in [0.29, 0.717) is 11.6 Å². The highest BCUT2D eigenvalue weighted by molar-refractivity contribution is 7.99. The first-order valence-corrected chi connectivity index (χ1v) is 7.51. The maximum Gasteiger partial charge on any atom is 0.303 e. The van der Waals surface area contributed by atoms with Crippen LogP contribution in [-0.4, -0.2) is 33.5 Å². The predicted octanol–water partition coefficient (Wildman–Crippen LogP) is 1.51. The first kappa shape index (κ1) is 14.6. The molecule has 108 valence electrons. The first-order valence-electron chi connectivity index (χ1n) is 6.35. The molecule has 0 saturated heterocycles. The summed E-state index contributed by atoms with van der Waals surface area (Å²) < 4.78 is 0. The number of carboxylic acids is 1. The van der Waals surface area contributed by atoms with Crippen molar-refractivity contribution in [2.75, 3.05) is 16.9 Å². The smallest absolute Gasteiger partial charge is 0.303 e. The third-order valence-electron chi connectivity index (χ3n) is 3.12. The van der Waals surface area contributed by atoms with Gasteiger partial charge in [-0.1, -0.05) is 6.07 Å². The van der Waals surface area contributed by atoms with Gasteiger partial charge >= 0.3 is 5.97 Å². The monoisotopic (exact) mass is 295 g/mol. The van der Waals surface area contributed by atoms with E-state index in [9.17, 15) is 9.59 Å². The molecule has 0 aliphatic heterocycles. The number of carbonyl (C=O) groups excluding carboxylic acids is 1. The van der Waals surface area contributed by atoms with E-state index in [-0.39, 0.29) is 17.7 Å². The number of anilines is 1. The average molecular weight is 295 g/mol. The van der Waals surface area contributed by atoms with Crippen LogP contribution in [0.4, 0.5) is 5.82 Å². The van der Waals surface area contributed by atoms with Gasteiger partial charge in [-0.25, -0.2) is 4.98 Å². The fourth-order valence-electron chi connectivity index (χ4n) is 1.84. The Morgan fingerprint density at radius 1 is 1.40 bits per heavy atom.